The van der Waals surface area contributed by atoms with Gasteiger partial charge in [0.2, 0.25) is 0 Å². The Morgan fingerprint density at radius 2 is 1.36 bits per heavy atom. The summed E-state index contributed by atoms with van der Waals surface area (Å²) in [4.78, 5) is 51.3. The molecule has 0 spiro atoms. The molecule has 0 aliphatic carbocycles. The maximum atomic E-state index is 13.5. The van der Waals surface area contributed by atoms with Crippen molar-refractivity contribution in [1.29, 1.82) is 0 Å². The fourth-order valence-electron chi connectivity index (χ4n) is 3.66. The van der Waals surface area contributed by atoms with Crippen molar-refractivity contribution in [3.8, 4) is 0 Å². The van der Waals surface area contributed by atoms with Crippen LogP contribution in [0.25, 0.3) is 5.57 Å². The molecule has 164 valence electrons. The van der Waals surface area contributed by atoms with Gasteiger partial charge >= 0.3 is 17.7 Å². The first-order valence-corrected chi connectivity index (χ1v) is 10.1. The molecule has 4 rings (SSSR count). The maximum absolute atomic E-state index is 13.5. The number of hydrogen-bond donors (Lipinski definition) is 1. The Hall–Kier alpha value is -4.52. The standard InChI is InChI=1S/C26H19NO6/c1-17(28)32-26(19-13-7-3-8-14-19)22(23(29)25(31)33-26)21(18-11-5-2-6-12-18)24(30)27-20-15-9-4-10-16-20/h2-16H,1H3,(H,27,30)/b22-21-/t26-/m1/s1. The van der Waals surface area contributed by atoms with Gasteiger partial charge in [-0.25, -0.2) is 4.79 Å². The number of ether oxygens (including phenoxy) is 2. The van der Waals surface area contributed by atoms with Crippen LogP contribution in [0, 0.1) is 0 Å². The lowest BCUT2D eigenvalue weighted by Crippen LogP contribution is -2.35. The van der Waals surface area contributed by atoms with E-state index in [2.05, 4.69) is 5.32 Å². The number of ketones is 1. The zero-order valence-corrected chi connectivity index (χ0v) is 17.6. The van der Waals surface area contributed by atoms with Gasteiger partial charge in [0.15, 0.2) is 0 Å². The number of benzene rings is 3. The van der Waals surface area contributed by atoms with Crippen LogP contribution in [-0.4, -0.2) is 23.6 Å². The number of amides is 1. The van der Waals surface area contributed by atoms with E-state index >= 15 is 0 Å². The van der Waals surface area contributed by atoms with Gasteiger partial charge in [0, 0.05) is 18.2 Å². The summed E-state index contributed by atoms with van der Waals surface area (Å²) in [5.74, 6) is -5.96. The van der Waals surface area contributed by atoms with Gasteiger partial charge in [0.1, 0.15) is 5.57 Å². The predicted molar refractivity (Wildman–Crippen MR) is 119 cm³/mol. The van der Waals surface area contributed by atoms with E-state index < -0.39 is 29.4 Å². The van der Waals surface area contributed by atoms with Crippen molar-refractivity contribution < 1.29 is 28.7 Å². The number of hydrogen-bond acceptors (Lipinski definition) is 6. The lowest BCUT2D eigenvalue weighted by atomic mass is 9.88. The number of rotatable bonds is 5. The number of carbonyl (C=O) groups excluding carboxylic acids is 4. The Balaban J connectivity index is 2.01. The molecule has 1 aliphatic heterocycles. The third-order valence-electron chi connectivity index (χ3n) is 4.99. The predicted octanol–water partition coefficient (Wildman–Crippen LogP) is 3.62. The summed E-state index contributed by atoms with van der Waals surface area (Å²) in [7, 11) is 0. The molecule has 33 heavy (non-hydrogen) atoms. The Morgan fingerprint density at radius 3 is 1.94 bits per heavy atom. The molecule has 1 amide bonds. The first kappa shape index (κ1) is 21.7. The molecule has 1 fully saturated rings. The van der Waals surface area contributed by atoms with E-state index in [-0.39, 0.29) is 16.7 Å². The molecule has 1 N–H and O–H groups in total. The maximum Gasteiger partial charge on any atom is 0.383 e. The van der Waals surface area contributed by atoms with Gasteiger partial charge in [0.05, 0.1) is 5.57 Å². The zero-order valence-electron chi connectivity index (χ0n) is 17.6. The van der Waals surface area contributed by atoms with Crippen molar-refractivity contribution in [2.24, 2.45) is 0 Å². The molecule has 3 aromatic rings. The molecule has 1 aliphatic rings. The summed E-state index contributed by atoms with van der Waals surface area (Å²) >= 11 is 0. The largest absolute Gasteiger partial charge is 0.414 e. The van der Waals surface area contributed by atoms with Crippen LogP contribution in [0.4, 0.5) is 5.69 Å². The second-order valence-corrected chi connectivity index (χ2v) is 7.23. The summed E-state index contributed by atoms with van der Waals surface area (Å²) in [5, 5.41) is 2.74. The van der Waals surface area contributed by atoms with Crippen molar-refractivity contribution in [3.63, 3.8) is 0 Å². The molecule has 0 saturated carbocycles. The van der Waals surface area contributed by atoms with Gasteiger partial charge in [0.25, 0.3) is 11.7 Å². The van der Waals surface area contributed by atoms with Crippen LogP contribution in [-0.2, 0) is 34.4 Å². The highest BCUT2D eigenvalue weighted by atomic mass is 16.7. The van der Waals surface area contributed by atoms with Crippen LogP contribution in [0.2, 0.25) is 0 Å². The summed E-state index contributed by atoms with van der Waals surface area (Å²) < 4.78 is 10.9. The van der Waals surface area contributed by atoms with Crippen LogP contribution in [0.5, 0.6) is 0 Å². The SMILES string of the molecule is CC(=O)O[C@]1(c2ccccc2)OC(=O)C(=O)/C1=C(/C(=O)Nc1ccccc1)c1ccccc1. The number of carbonyl (C=O) groups is 4. The molecule has 7 heteroatoms. The summed E-state index contributed by atoms with van der Waals surface area (Å²) in [6.45, 7) is 1.13. The Kier molecular flexibility index (Phi) is 5.87. The summed E-state index contributed by atoms with van der Waals surface area (Å²) in [6, 6.07) is 25.1. The van der Waals surface area contributed by atoms with Crippen LogP contribution in [0.3, 0.4) is 0 Å². The highest BCUT2D eigenvalue weighted by Crippen LogP contribution is 2.45. The van der Waals surface area contributed by atoms with Crippen molar-refractivity contribution in [2.45, 2.75) is 12.7 Å². The van der Waals surface area contributed by atoms with Crippen LogP contribution in [0.1, 0.15) is 18.1 Å². The highest BCUT2D eigenvalue weighted by Gasteiger charge is 2.58. The van der Waals surface area contributed by atoms with E-state index in [9.17, 15) is 19.2 Å². The van der Waals surface area contributed by atoms with E-state index in [0.717, 1.165) is 6.92 Å². The minimum atomic E-state index is -2.21. The van der Waals surface area contributed by atoms with E-state index in [1.54, 1.807) is 91.0 Å². The Morgan fingerprint density at radius 1 is 0.818 bits per heavy atom. The number of cyclic esters (lactones) is 1. The minimum Gasteiger partial charge on any atom is -0.414 e. The topological polar surface area (TPSA) is 98.8 Å². The number of anilines is 1. The fraction of sp³-hybridized carbons (Fsp3) is 0.0769. The second kappa shape index (κ2) is 8.92. The minimum absolute atomic E-state index is 0.139. The molecular formula is C26H19NO6. The smallest absolute Gasteiger partial charge is 0.383 e. The normalized spacial score (nSPS) is 18.9. The van der Waals surface area contributed by atoms with Gasteiger partial charge in [-0.1, -0.05) is 78.9 Å². The van der Waals surface area contributed by atoms with E-state index in [1.165, 1.54) is 0 Å². The van der Waals surface area contributed by atoms with Crippen LogP contribution >= 0.6 is 0 Å². The van der Waals surface area contributed by atoms with Crippen molar-refractivity contribution in [3.05, 3.63) is 108 Å². The van der Waals surface area contributed by atoms with Crippen molar-refractivity contribution in [2.75, 3.05) is 5.32 Å². The number of Topliss-reactive ketones (excluding diaryl/α,β-unsaturated/α-hetero) is 1. The van der Waals surface area contributed by atoms with Crippen LogP contribution in [0.15, 0.2) is 96.6 Å². The third-order valence-corrected chi connectivity index (χ3v) is 4.99. The van der Waals surface area contributed by atoms with Gasteiger partial charge in [-0.2, -0.15) is 0 Å². The molecule has 0 unspecified atom stereocenters. The van der Waals surface area contributed by atoms with Gasteiger partial charge in [-0.3, -0.25) is 14.4 Å². The molecule has 3 aromatic carbocycles. The van der Waals surface area contributed by atoms with Gasteiger partial charge in [-0.15, -0.1) is 0 Å². The second-order valence-electron chi connectivity index (χ2n) is 7.23. The molecule has 0 aromatic heterocycles. The molecule has 0 radical (unpaired) electrons. The van der Waals surface area contributed by atoms with Gasteiger partial charge in [-0.05, 0) is 17.7 Å². The average molecular weight is 441 g/mol. The molecule has 1 atom stereocenters. The molecule has 0 bridgehead atoms. The molecular weight excluding hydrogens is 422 g/mol. The number of esters is 2. The van der Waals surface area contributed by atoms with E-state index in [4.69, 9.17) is 9.47 Å². The van der Waals surface area contributed by atoms with E-state index in [0.29, 0.717) is 11.3 Å². The number of nitrogens with one attached hydrogen (secondary N) is 1. The quantitative estimate of drug-likeness (QED) is 0.369. The summed E-state index contributed by atoms with van der Waals surface area (Å²) in [6.07, 6.45) is 0. The Labute approximate surface area is 189 Å². The van der Waals surface area contributed by atoms with Crippen molar-refractivity contribution in [1.82, 2.24) is 0 Å². The monoisotopic (exact) mass is 441 g/mol. The van der Waals surface area contributed by atoms with Gasteiger partial charge < -0.3 is 14.8 Å². The first-order chi connectivity index (χ1) is 15.9. The average Bonchev–Trinajstić information content (AvgIpc) is 3.06. The fourth-order valence-corrected chi connectivity index (χ4v) is 3.66. The number of para-hydroxylation sites is 1. The molecule has 1 saturated heterocycles. The summed E-state index contributed by atoms with van der Waals surface area (Å²) in [5.41, 5.74) is 0.538. The molecule has 7 nitrogen and oxygen atoms in total. The first-order valence-electron chi connectivity index (χ1n) is 10.1. The lowest BCUT2D eigenvalue weighted by Gasteiger charge is -2.29. The zero-order chi connectivity index (χ0) is 23.4. The van der Waals surface area contributed by atoms with Crippen molar-refractivity contribution >= 4 is 34.9 Å². The highest BCUT2D eigenvalue weighted by molar-refractivity contribution is 6.48. The third kappa shape index (κ3) is 4.16. The Bertz CT molecular complexity index is 1250. The lowest BCUT2D eigenvalue weighted by molar-refractivity contribution is -0.206. The molecule has 1 heterocycles. The van der Waals surface area contributed by atoms with Crippen LogP contribution < -0.4 is 5.32 Å². The van der Waals surface area contributed by atoms with E-state index in [1.807, 2.05) is 0 Å².